The van der Waals surface area contributed by atoms with Crippen molar-refractivity contribution < 1.29 is 31.7 Å². The molecule has 4 heteroatoms. The second-order valence-electron chi connectivity index (χ2n) is 5.18. The van der Waals surface area contributed by atoms with Crippen LogP contribution in [0.5, 0.6) is 11.5 Å². The van der Waals surface area contributed by atoms with Gasteiger partial charge in [-0.2, -0.15) is 30.3 Å². The molecule has 3 nitrogen and oxygen atoms in total. The molecule has 0 atom stereocenters. The zero-order valence-corrected chi connectivity index (χ0v) is 15.5. The predicted octanol–water partition coefficient (Wildman–Crippen LogP) is 4.82. The number of carbonyl (C=O) groups excluding carboxylic acids is 1. The van der Waals surface area contributed by atoms with Crippen LogP contribution < -0.4 is 4.74 Å². The van der Waals surface area contributed by atoms with E-state index < -0.39 is 0 Å². The Morgan fingerprint density at radius 3 is 2.38 bits per heavy atom. The summed E-state index contributed by atoms with van der Waals surface area (Å²) in [5.41, 5.74) is 1.78. The molecule has 3 rings (SSSR count). The van der Waals surface area contributed by atoms with Gasteiger partial charge in [-0.3, -0.25) is 0 Å². The number of methoxy groups -OCH3 is 1. The fourth-order valence-corrected chi connectivity index (χ4v) is 2.03. The largest absolute Gasteiger partial charge is 2.00 e. The quantitative estimate of drug-likeness (QED) is 0.387. The van der Waals surface area contributed by atoms with Crippen molar-refractivity contribution >= 4 is 17.9 Å². The number of ketones is 1. The van der Waals surface area contributed by atoms with E-state index in [4.69, 9.17) is 4.74 Å². The van der Waals surface area contributed by atoms with E-state index in [0.29, 0.717) is 5.75 Å². The molecule has 0 bridgehead atoms. The van der Waals surface area contributed by atoms with Crippen LogP contribution in [-0.4, -0.2) is 18.0 Å². The number of hydrogen-bond acceptors (Lipinski definition) is 3. The van der Waals surface area contributed by atoms with E-state index in [-0.39, 0.29) is 28.6 Å². The number of rotatable bonds is 5. The van der Waals surface area contributed by atoms with Crippen LogP contribution in [0.3, 0.4) is 0 Å². The number of ether oxygens (including phenoxy) is 1. The summed E-state index contributed by atoms with van der Waals surface area (Å²) in [4.78, 5) is 11.7. The first-order valence-electron chi connectivity index (χ1n) is 7.84. The summed E-state index contributed by atoms with van der Waals surface area (Å²) in [6.07, 6.45) is 6.44. The number of aromatic hydroxyl groups is 1. The molecule has 0 aliphatic heterocycles. The molecular formula is C22H20FeO3. The molecular weight excluding hydrogens is 368 g/mol. The Morgan fingerprint density at radius 1 is 1.12 bits per heavy atom. The third-order valence-corrected chi connectivity index (χ3v) is 3.33. The Balaban J connectivity index is 0.000000486. The molecule has 0 heterocycles. The maximum Gasteiger partial charge on any atom is 2.00 e. The minimum absolute atomic E-state index is 0. The van der Waals surface area contributed by atoms with Crippen LogP contribution in [0, 0.1) is 0 Å². The number of carbonyl (C=O) groups is 1. The van der Waals surface area contributed by atoms with Crippen molar-refractivity contribution in [2.45, 2.75) is 0 Å². The summed E-state index contributed by atoms with van der Waals surface area (Å²) < 4.78 is 5.01. The van der Waals surface area contributed by atoms with E-state index in [0.717, 1.165) is 11.1 Å². The monoisotopic (exact) mass is 388 g/mol. The minimum atomic E-state index is -0.0989. The standard InChI is InChI=1S/C17H15O3.C5H5.Fe/c1-20-17-12-14(8-11-16(17)19)7-10-15(18)9-6-13-4-2-3-5-13;1-2-4-5-3-1;/h2-12,19H,1H3;1-5H;/q2*-1;+2. The van der Waals surface area contributed by atoms with Gasteiger partial charge in [0.1, 0.15) is 5.78 Å². The molecule has 0 aliphatic rings. The van der Waals surface area contributed by atoms with Crippen LogP contribution in [-0.2, 0) is 21.9 Å². The van der Waals surface area contributed by atoms with E-state index in [1.165, 1.54) is 25.3 Å². The fraction of sp³-hybridized carbons (Fsp3) is 0.0455. The van der Waals surface area contributed by atoms with Gasteiger partial charge >= 0.3 is 17.1 Å². The normalized spacial score (nSPS) is 10.2. The van der Waals surface area contributed by atoms with Gasteiger partial charge < -0.3 is 14.6 Å². The zero-order chi connectivity index (χ0) is 17.9. The molecule has 0 saturated carbocycles. The molecule has 3 aromatic rings. The number of allylic oxidation sites excluding steroid dienone is 2. The van der Waals surface area contributed by atoms with Crippen molar-refractivity contribution in [2.24, 2.45) is 0 Å². The van der Waals surface area contributed by atoms with Crippen LogP contribution in [0.1, 0.15) is 11.1 Å². The summed E-state index contributed by atoms with van der Waals surface area (Å²) in [6, 6.07) is 22.6. The van der Waals surface area contributed by atoms with Crippen molar-refractivity contribution in [3.8, 4) is 11.5 Å². The topological polar surface area (TPSA) is 46.5 Å². The molecule has 0 unspecified atom stereocenters. The Kier molecular flexibility index (Phi) is 9.55. The van der Waals surface area contributed by atoms with Gasteiger partial charge in [-0.05, 0) is 23.8 Å². The van der Waals surface area contributed by atoms with Crippen LogP contribution >= 0.6 is 0 Å². The average Bonchev–Trinajstić information content (AvgIpc) is 3.35. The van der Waals surface area contributed by atoms with Crippen LogP contribution in [0.4, 0.5) is 0 Å². The predicted molar refractivity (Wildman–Crippen MR) is 102 cm³/mol. The maximum absolute atomic E-state index is 11.7. The molecule has 134 valence electrons. The Bertz CT molecular complexity index is 796. The van der Waals surface area contributed by atoms with Gasteiger partial charge in [0.2, 0.25) is 0 Å². The van der Waals surface area contributed by atoms with E-state index >= 15 is 0 Å². The maximum atomic E-state index is 11.7. The van der Waals surface area contributed by atoms with Crippen LogP contribution in [0.25, 0.3) is 12.2 Å². The van der Waals surface area contributed by atoms with Crippen molar-refractivity contribution in [1.82, 2.24) is 0 Å². The molecule has 0 radical (unpaired) electrons. The minimum Gasteiger partial charge on any atom is -0.504 e. The van der Waals surface area contributed by atoms with Gasteiger partial charge in [-0.15, -0.1) is 23.8 Å². The van der Waals surface area contributed by atoms with Crippen LogP contribution in [0.2, 0.25) is 0 Å². The van der Waals surface area contributed by atoms with Crippen molar-refractivity contribution in [3.63, 3.8) is 0 Å². The van der Waals surface area contributed by atoms with Gasteiger partial charge in [-0.25, -0.2) is 12.1 Å². The van der Waals surface area contributed by atoms with Gasteiger partial charge in [-0.1, -0.05) is 18.2 Å². The third kappa shape index (κ3) is 7.39. The second-order valence-corrected chi connectivity index (χ2v) is 5.18. The zero-order valence-electron chi connectivity index (χ0n) is 14.4. The molecule has 0 aromatic heterocycles. The van der Waals surface area contributed by atoms with Crippen molar-refractivity contribution in [2.75, 3.05) is 7.11 Å². The Hall–Kier alpha value is -2.81. The van der Waals surface area contributed by atoms with Gasteiger partial charge in [0.15, 0.2) is 11.5 Å². The fourth-order valence-electron chi connectivity index (χ4n) is 2.03. The molecule has 0 amide bonds. The summed E-state index contributed by atoms with van der Waals surface area (Å²) in [5.74, 6) is 0.359. The first kappa shape index (κ1) is 21.2. The summed E-state index contributed by atoms with van der Waals surface area (Å²) in [7, 11) is 1.48. The molecule has 3 aromatic carbocycles. The van der Waals surface area contributed by atoms with E-state index in [9.17, 15) is 9.90 Å². The molecule has 0 saturated heterocycles. The van der Waals surface area contributed by atoms with E-state index in [1.807, 2.05) is 54.6 Å². The average molecular weight is 388 g/mol. The summed E-state index contributed by atoms with van der Waals surface area (Å²) in [6.45, 7) is 0. The second kappa shape index (κ2) is 11.7. The summed E-state index contributed by atoms with van der Waals surface area (Å²) >= 11 is 0. The molecule has 0 spiro atoms. The molecule has 0 aliphatic carbocycles. The van der Waals surface area contributed by atoms with Crippen molar-refractivity contribution in [1.29, 1.82) is 0 Å². The summed E-state index contributed by atoms with van der Waals surface area (Å²) in [5, 5.41) is 9.48. The number of phenolic OH excluding ortho intramolecular Hbond substituents is 1. The number of phenols is 1. The Labute approximate surface area is 164 Å². The van der Waals surface area contributed by atoms with Crippen LogP contribution in [0.15, 0.2) is 84.9 Å². The van der Waals surface area contributed by atoms with Gasteiger partial charge in [0.25, 0.3) is 0 Å². The van der Waals surface area contributed by atoms with Gasteiger partial charge in [0, 0.05) is 0 Å². The molecule has 0 fully saturated rings. The van der Waals surface area contributed by atoms with E-state index in [2.05, 4.69) is 0 Å². The third-order valence-electron chi connectivity index (χ3n) is 3.33. The Morgan fingerprint density at radius 2 is 1.81 bits per heavy atom. The molecule has 26 heavy (non-hydrogen) atoms. The first-order chi connectivity index (χ1) is 12.2. The van der Waals surface area contributed by atoms with Gasteiger partial charge in [0.05, 0.1) is 7.11 Å². The SMILES string of the molecule is COc1cc(C=CC(=O)C=C[c-]2cccc2)ccc1O.[Fe+2].c1cc[cH-]c1. The smallest absolute Gasteiger partial charge is 0.504 e. The first-order valence-corrected chi connectivity index (χ1v) is 7.84. The number of hydrogen-bond donors (Lipinski definition) is 1. The number of benzene rings is 1. The molecule has 1 N–H and O–H groups in total. The van der Waals surface area contributed by atoms with E-state index in [1.54, 1.807) is 24.3 Å². The van der Waals surface area contributed by atoms with Crippen molar-refractivity contribution in [3.05, 3.63) is 96.1 Å².